The maximum Gasteiger partial charge on any atom is 0.321 e. The van der Waals surface area contributed by atoms with E-state index in [0.29, 0.717) is 31.2 Å². The number of para-hydroxylation sites is 2. The lowest BCUT2D eigenvalue weighted by atomic mass is 10.2. The molecule has 2 aromatic carbocycles. The number of thioether (sulfide) groups is 1. The molecule has 5 nitrogen and oxygen atoms in total. The number of amides is 2. The van der Waals surface area contributed by atoms with Gasteiger partial charge in [0.15, 0.2) is 0 Å². The Kier molecular flexibility index (Phi) is 7.63. The second kappa shape index (κ2) is 9.96. The number of nitrogens with zero attached hydrogens (tertiary/aromatic N) is 1. The van der Waals surface area contributed by atoms with Crippen LogP contribution < -0.4 is 10.1 Å². The quantitative estimate of drug-likeness (QED) is 0.569. The number of hydrogen-bond donors (Lipinski definition) is 1. The zero-order valence-electron chi connectivity index (χ0n) is 14.8. The minimum absolute atomic E-state index is 0.183. The van der Waals surface area contributed by atoms with Crippen LogP contribution in [0.1, 0.15) is 5.56 Å². The Labute approximate surface area is 153 Å². The molecular weight excluding hydrogens is 336 g/mol. The van der Waals surface area contributed by atoms with Crippen LogP contribution in [0.15, 0.2) is 53.4 Å². The smallest absolute Gasteiger partial charge is 0.321 e. The van der Waals surface area contributed by atoms with Gasteiger partial charge in [-0.1, -0.05) is 24.3 Å². The molecule has 2 amide bonds. The maximum absolute atomic E-state index is 12.5. The Morgan fingerprint density at radius 2 is 1.96 bits per heavy atom. The summed E-state index contributed by atoms with van der Waals surface area (Å²) in [6.45, 7) is 1.46. The molecule has 0 aliphatic carbocycles. The lowest BCUT2D eigenvalue weighted by Gasteiger charge is -2.19. The summed E-state index contributed by atoms with van der Waals surface area (Å²) in [5.41, 5.74) is 1.74. The van der Waals surface area contributed by atoms with Crippen molar-refractivity contribution in [2.24, 2.45) is 0 Å². The molecule has 2 rings (SSSR count). The lowest BCUT2D eigenvalue weighted by Crippen LogP contribution is -2.31. The van der Waals surface area contributed by atoms with Crippen LogP contribution in [-0.4, -0.2) is 44.6 Å². The van der Waals surface area contributed by atoms with Gasteiger partial charge in [-0.15, -0.1) is 11.8 Å². The largest absolute Gasteiger partial charge is 0.489 e. The van der Waals surface area contributed by atoms with Gasteiger partial charge in [-0.05, 0) is 36.1 Å². The molecule has 134 valence electrons. The average molecular weight is 360 g/mol. The van der Waals surface area contributed by atoms with Crippen molar-refractivity contribution in [3.05, 3.63) is 54.1 Å². The molecule has 0 heterocycles. The van der Waals surface area contributed by atoms with Crippen LogP contribution in [0.5, 0.6) is 5.75 Å². The zero-order valence-corrected chi connectivity index (χ0v) is 15.6. The van der Waals surface area contributed by atoms with Crippen LogP contribution in [0.2, 0.25) is 0 Å². The number of hydrogen-bond acceptors (Lipinski definition) is 4. The predicted octanol–water partition coefficient (Wildman–Crippen LogP) is 4.10. The Balaban J connectivity index is 1.98. The molecule has 0 aliphatic rings. The third-order valence-corrected chi connectivity index (χ3v) is 4.30. The number of ether oxygens (including phenoxy) is 2. The molecule has 2 aromatic rings. The van der Waals surface area contributed by atoms with E-state index in [9.17, 15) is 4.79 Å². The van der Waals surface area contributed by atoms with E-state index in [1.165, 1.54) is 4.90 Å². The minimum Gasteiger partial charge on any atom is -0.489 e. The first kappa shape index (κ1) is 19.1. The molecule has 0 bridgehead atoms. The van der Waals surface area contributed by atoms with Gasteiger partial charge < -0.3 is 19.7 Å². The Bertz CT molecular complexity index is 694. The van der Waals surface area contributed by atoms with Gasteiger partial charge in [-0.2, -0.15) is 0 Å². The molecule has 0 fully saturated rings. The summed E-state index contributed by atoms with van der Waals surface area (Å²) >= 11 is 1.69. The number of carbonyl (C=O) groups is 1. The van der Waals surface area contributed by atoms with E-state index in [4.69, 9.17) is 9.47 Å². The van der Waals surface area contributed by atoms with E-state index in [2.05, 4.69) is 17.4 Å². The molecule has 0 spiro atoms. The van der Waals surface area contributed by atoms with E-state index in [-0.39, 0.29) is 6.03 Å². The van der Waals surface area contributed by atoms with Crippen LogP contribution in [-0.2, 0) is 11.3 Å². The average Bonchev–Trinajstić information content (AvgIpc) is 2.63. The van der Waals surface area contributed by atoms with Gasteiger partial charge in [-0.3, -0.25) is 0 Å². The van der Waals surface area contributed by atoms with Crippen molar-refractivity contribution in [1.82, 2.24) is 4.90 Å². The van der Waals surface area contributed by atoms with Gasteiger partial charge in [0.05, 0.1) is 12.3 Å². The van der Waals surface area contributed by atoms with E-state index in [1.807, 2.05) is 42.7 Å². The molecule has 0 aliphatic heterocycles. The van der Waals surface area contributed by atoms with Crippen LogP contribution in [0.25, 0.3) is 0 Å². The molecule has 0 radical (unpaired) electrons. The highest BCUT2D eigenvalue weighted by Gasteiger charge is 2.12. The first-order valence-corrected chi connectivity index (χ1v) is 9.22. The van der Waals surface area contributed by atoms with E-state index in [1.54, 1.807) is 30.8 Å². The number of methoxy groups -OCH3 is 1. The molecule has 6 heteroatoms. The zero-order chi connectivity index (χ0) is 18.1. The van der Waals surface area contributed by atoms with Crippen molar-refractivity contribution >= 4 is 23.5 Å². The fraction of sp³-hybridized carbons (Fsp3) is 0.316. The van der Waals surface area contributed by atoms with Crippen LogP contribution in [0, 0.1) is 0 Å². The number of rotatable bonds is 8. The highest BCUT2D eigenvalue weighted by molar-refractivity contribution is 7.98. The maximum atomic E-state index is 12.5. The topological polar surface area (TPSA) is 50.8 Å². The summed E-state index contributed by atoms with van der Waals surface area (Å²) in [5.74, 6) is 0.630. The van der Waals surface area contributed by atoms with E-state index < -0.39 is 0 Å². The van der Waals surface area contributed by atoms with Crippen LogP contribution >= 0.6 is 11.8 Å². The van der Waals surface area contributed by atoms with Gasteiger partial charge in [0.25, 0.3) is 0 Å². The van der Waals surface area contributed by atoms with Crippen molar-refractivity contribution < 1.29 is 14.3 Å². The van der Waals surface area contributed by atoms with E-state index >= 15 is 0 Å². The van der Waals surface area contributed by atoms with E-state index in [0.717, 1.165) is 5.56 Å². The van der Waals surface area contributed by atoms with Crippen molar-refractivity contribution in [2.75, 3.05) is 38.9 Å². The SMILES string of the molecule is COCCOc1ccccc1NC(=O)N(C)Cc1cccc(SC)c1. The van der Waals surface area contributed by atoms with Gasteiger partial charge in [0.1, 0.15) is 12.4 Å². The van der Waals surface area contributed by atoms with Crippen LogP contribution in [0.4, 0.5) is 10.5 Å². The van der Waals surface area contributed by atoms with Gasteiger partial charge in [0, 0.05) is 25.6 Å². The fourth-order valence-electron chi connectivity index (χ4n) is 2.26. The number of benzene rings is 2. The Hall–Kier alpha value is -2.18. The Morgan fingerprint density at radius 3 is 2.72 bits per heavy atom. The predicted molar refractivity (Wildman–Crippen MR) is 103 cm³/mol. The summed E-state index contributed by atoms with van der Waals surface area (Å²) < 4.78 is 10.6. The first-order valence-electron chi connectivity index (χ1n) is 8.00. The van der Waals surface area contributed by atoms with Crippen molar-refractivity contribution in [3.8, 4) is 5.75 Å². The molecule has 1 N–H and O–H groups in total. The summed E-state index contributed by atoms with van der Waals surface area (Å²) in [5, 5.41) is 2.90. The van der Waals surface area contributed by atoms with Crippen molar-refractivity contribution in [1.29, 1.82) is 0 Å². The molecule has 0 saturated heterocycles. The third kappa shape index (κ3) is 5.99. The van der Waals surface area contributed by atoms with Gasteiger partial charge in [0.2, 0.25) is 0 Å². The monoisotopic (exact) mass is 360 g/mol. The standard InChI is InChI=1S/C19H24N2O3S/c1-21(14-15-7-6-8-16(13-15)25-3)19(22)20-17-9-4-5-10-18(17)24-12-11-23-2/h4-10,13H,11-12,14H2,1-3H3,(H,20,22). The fourth-order valence-corrected chi connectivity index (χ4v) is 2.74. The Morgan fingerprint density at radius 1 is 1.16 bits per heavy atom. The molecule has 0 atom stereocenters. The second-order valence-electron chi connectivity index (χ2n) is 5.48. The minimum atomic E-state index is -0.183. The number of nitrogens with one attached hydrogen (secondary N) is 1. The van der Waals surface area contributed by atoms with Crippen LogP contribution in [0.3, 0.4) is 0 Å². The number of urea groups is 1. The van der Waals surface area contributed by atoms with Gasteiger partial charge in [-0.25, -0.2) is 4.79 Å². The normalized spacial score (nSPS) is 10.4. The molecular formula is C19H24N2O3S. The van der Waals surface area contributed by atoms with Gasteiger partial charge >= 0.3 is 6.03 Å². The summed E-state index contributed by atoms with van der Waals surface area (Å²) in [6.07, 6.45) is 2.04. The highest BCUT2D eigenvalue weighted by atomic mass is 32.2. The van der Waals surface area contributed by atoms with Crippen molar-refractivity contribution in [3.63, 3.8) is 0 Å². The second-order valence-corrected chi connectivity index (χ2v) is 6.35. The third-order valence-electron chi connectivity index (χ3n) is 3.57. The lowest BCUT2D eigenvalue weighted by molar-refractivity contribution is 0.146. The highest BCUT2D eigenvalue weighted by Crippen LogP contribution is 2.24. The number of anilines is 1. The summed E-state index contributed by atoms with van der Waals surface area (Å²) in [6, 6.07) is 15.4. The molecule has 25 heavy (non-hydrogen) atoms. The van der Waals surface area contributed by atoms with Crippen molar-refractivity contribution in [2.45, 2.75) is 11.4 Å². The first-order chi connectivity index (χ1) is 12.1. The molecule has 0 aromatic heterocycles. The molecule has 0 unspecified atom stereocenters. The number of carbonyl (C=O) groups excluding carboxylic acids is 1. The summed E-state index contributed by atoms with van der Waals surface area (Å²) in [4.78, 5) is 15.3. The summed E-state index contributed by atoms with van der Waals surface area (Å²) in [7, 11) is 3.40. The molecule has 0 saturated carbocycles.